The molecule has 132 valence electrons. The van der Waals surface area contributed by atoms with Crippen molar-refractivity contribution in [2.24, 2.45) is 0 Å². The normalized spacial score (nSPS) is 19.3. The summed E-state index contributed by atoms with van der Waals surface area (Å²) in [7, 11) is 2.45. The summed E-state index contributed by atoms with van der Waals surface area (Å²) in [6.07, 6.45) is -4.59. The smallest absolute Gasteiger partial charge is 0.339 e. The van der Waals surface area contributed by atoms with Gasteiger partial charge in [-0.25, -0.2) is 9.68 Å². The Morgan fingerprint density at radius 2 is 1.73 bits per heavy atom. The number of hydrogen-bond donors (Lipinski definition) is 3. The summed E-state index contributed by atoms with van der Waals surface area (Å²) in [5.41, 5.74) is -2.17. The average molecular weight is 326 g/mol. The third kappa shape index (κ3) is 6.13. The summed E-state index contributed by atoms with van der Waals surface area (Å²) in [4.78, 5) is 20.8. The lowest BCUT2D eigenvalue weighted by atomic mass is 9.92. The van der Waals surface area contributed by atoms with Gasteiger partial charge >= 0.3 is 5.97 Å². The molecule has 0 aliphatic heterocycles. The molecule has 0 aliphatic carbocycles. The first-order valence-corrected chi connectivity index (χ1v) is 6.63. The highest BCUT2D eigenvalue weighted by atomic mass is 17.5. The van der Waals surface area contributed by atoms with E-state index in [-0.39, 0.29) is 0 Å². The lowest BCUT2D eigenvalue weighted by Gasteiger charge is -2.36. The Kier molecular flexibility index (Phi) is 8.40. The number of hydrogen-bond acceptors (Lipinski definition) is 8. The predicted molar refractivity (Wildman–Crippen MR) is 73.7 cm³/mol. The third-order valence-electron chi connectivity index (χ3n) is 2.96. The molecule has 0 spiro atoms. The highest BCUT2D eigenvalue weighted by Crippen LogP contribution is 2.23. The zero-order valence-electron chi connectivity index (χ0n) is 13.7. The van der Waals surface area contributed by atoms with Crippen LogP contribution in [0.2, 0.25) is 0 Å². The van der Waals surface area contributed by atoms with Gasteiger partial charge in [0.15, 0.2) is 0 Å². The molecule has 0 saturated carbocycles. The van der Waals surface area contributed by atoms with Gasteiger partial charge in [-0.3, -0.25) is 0 Å². The molecule has 0 bridgehead atoms. The fourth-order valence-corrected chi connectivity index (χ4v) is 1.44. The highest BCUT2D eigenvalue weighted by Gasteiger charge is 2.45. The van der Waals surface area contributed by atoms with Crippen molar-refractivity contribution < 1.29 is 44.4 Å². The van der Waals surface area contributed by atoms with E-state index in [9.17, 15) is 20.1 Å². The molecular formula is C13H26O9. The van der Waals surface area contributed by atoms with Gasteiger partial charge in [0.05, 0.1) is 12.2 Å². The van der Waals surface area contributed by atoms with Gasteiger partial charge in [-0.05, 0) is 27.7 Å². The molecule has 0 aromatic rings. The SMILES string of the molecule is COC(C(OOOC(C)(C)C)C(=O)O)C(O)C(C)(CO)OC. The summed E-state index contributed by atoms with van der Waals surface area (Å²) < 4.78 is 10.0. The highest BCUT2D eigenvalue weighted by molar-refractivity contribution is 5.73. The molecule has 4 unspecified atom stereocenters. The molecule has 0 saturated heterocycles. The van der Waals surface area contributed by atoms with Crippen molar-refractivity contribution >= 4 is 5.97 Å². The van der Waals surface area contributed by atoms with E-state index in [1.165, 1.54) is 21.1 Å². The van der Waals surface area contributed by atoms with Crippen LogP contribution in [-0.4, -0.2) is 71.6 Å². The van der Waals surface area contributed by atoms with E-state index in [0.717, 1.165) is 0 Å². The first-order valence-electron chi connectivity index (χ1n) is 6.63. The standard InChI is InChI=1S/C13H26O9/c1-12(2,3)21-22-20-9(11(16)17)8(18-5)10(15)13(4,7-14)19-6/h8-10,14-15H,7H2,1-6H3,(H,16,17). The molecule has 0 rings (SSSR count). The van der Waals surface area contributed by atoms with Crippen LogP contribution in [0.25, 0.3) is 0 Å². The van der Waals surface area contributed by atoms with Gasteiger partial charge < -0.3 is 24.8 Å². The van der Waals surface area contributed by atoms with E-state index in [1.54, 1.807) is 20.8 Å². The molecular weight excluding hydrogens is 300 g/mol. The Bertz CT molecular complexity index is 335. The minimum atomic E-state index is -1.71. The summed E-state index contributed by atoms with van der Waals surface area (Å²) in [5, 5.41) is 33.2. The van der Waals surface area contributed by atoms with Crippen LogP contribution in [0, 0.1) is 0 Å². The van der Waals surface area contributed by atoms with Crippen molar-refractivity contribution in [1.29, 1.82) is 0 Å². The van der Waals surface area contributed by atoms with Crippen LogP contribution in [0.1, 0.15) is 27.7 Å². The number of methoxy groups -OCH3 is 2. The van der Waals surface area contributed by atoms with Crippen molar-refractivity contribution in [2.45, 2.75) is 57.2 Å². The first kappa shape index (κ1) is 21.2. The summed E-state index contributed by atoms with van der Waals surface area (Å²) in [5.74, 6) is -1.44. The van der Waals surface area contributed by atoms with Gasteiger partial charge in [-0.15, -0.1) is 0 Å². The zero-order valence-corrected chi connectivity index (χ0v) is 13.7. The van der Waals surface area contributed by atoms with Crippen LogP contribution in [0.4, 0.5) is 0 Å². The zero-order chi connectivity index (χ0) is 17.6. The summed E-state index contributed by atoms with van der Waals surface area (Å²) >= 11 is 0. The number of rotatable bonds is 10. The fourth-order valence-electron chi connectivity index (χ4n) is 1.44. The number of carboxylic acid groups (broad SMARTS) is 1. The van der Waals surface area contributed by atoms with Crippen LogP contribution in [-0.2, 0) is 29.1 Å². The minimum Gasteiger partial charge on any atom is -0.479 e. The number of aliphatic hydroxyl groups excluding tert-OH is 2. The van der Waals surface area contributed by atoms with Gasteiger partial charge in [0, 0.05) is 14.2 Å². The van der Waals surface area contributed by atoms with Crippen LogP contribution < -0.4 is 0 Å². The second-order valence-corrected chi connectivity index (χ2v) is 5.94. The largest absolute Gasteiger partial charge is 0.479 e. The lowest BCUT2D eigenvalue weighted by Crippen LogP contribution is -2.57. The number of ether oxygens (including phenoxy) is 2. The number of aliphatic hydroxyl groups is 2. The third-order valence-corrected chi connectivity index (χ3v) is 2.96. The molecule has 0 radical (unpaired) electrons. The number of aliphatic carboxylic acids is 1. The maximum absolute atomic E-state index is 11.3. The molecule has 0 heterocycles. The Hall–Kier alpha value is -0.810. The van der Waals surface area contributed by atoms with Gasteiger partial charge in [-0.2, -0.15) is 4.89 Å². The quantitative estimate of drug-likeness (QED) is 0.372. The average Bonchev–Trinajstić information content (AvgIpc) is 2.43. The molecule has 0 amide bonds. The van der Waals surface area contributed by atoms with Crippen LogP contribution >= 0.6 is 0 Å². The first-order chi connectivity index (χ1) is 10.0. The summed E-state index contributed by atoms with van der Waals surface area (Å²) in [6.45, 7) is 5.85. The monoisotopic (exact) mass is 326 g/mol. The number of carbonyl (C=O) groups is 1. The van der Waals surface area contributed by atoms with E-state index in [2.05, 4.69) is 5.04 Å². The van der Waals surface area contributed by atoms with Gasteiger partial charge in [0.2, 0.25) is 6.10 Å². The lowest BCUT2D eigenvalue weighted by molar-refractivity contribution is -0.551. The molecule has 0 fully saturated rings. The summed E-state index contributed by atoms with van der Waals surface area (Å²) in [6, 6.07) is 0. The predicted octanol–water partition coefficient (Wildman–Crippen LogP) is -0.109. The van der Waals surface area contributed by atoms with Gasteiger partial charge in [-0.1, -0.05) is 5.04 Å². The van der Waals surface area contributed by atoms with E-state index < -0.39 is 42.1 Å². The Morgan fingerprint density at radius 1 is 1.18 bits per heavy atom. The van der Waals surface area contributed by atoms with Crippen molar-refractivity contribution in [3.8, 4) is 0 Å². The second-order valence-electron chi connectivity index (χ2n) is 5.94. The second kappa shape index (κ2) is 8.73. The molecule has 0 aromatic carbocycles. The molecule has 9 nitrogen and oxygen atoms in total. The molecule has 0 aliphatic rings. The van der Waals surface area contributed by atoms with Crippen molar-refractivity contribution in [3.63, 3.8) is 0 Å². The van der Waals surface area contributed by atoms with Crippen molar-refractivity contribution in [1.82, 2.24) is 0 Å². The number of carboxylic acids is 1. The van der Waals surface area contributed by atoms with Crippen molar-refractivity contribution in [3.05, 3.63) is 0 Å². The molecule has 0 aromatic heterocycles. The van der Waals surface area contributed by atoms with Crippen LogP contribution in [0.3, 0.4) is 0 Å². The molecule has 9 heteroatoms. The van der Waals surface area contributed by atoms with E-state index in [0.29, 0.717) is 0 Å². The maximum atomic E-state index is 11.3. The Balaban J connectivity index is 5.06. The van der Waals surface area contributed by atoms with Crippen molar-refractivity contribution in [2.75, 3.05) is 20.8 Å². The minimum absolute atomic E-state index is 0.559. The maximum Gasteiger partial charge on any atom is 0.339 e. The molecule has 3 N–H and O–H groups in total. The van der Waals surface area contributed by atoms with Crippen LogP contribution in [0.15, 0.2) is 0 Å². The van der Waals surface area contributed by atoms with Gasteiger partial charge in [0.1, 0.15) is 17.8 Å². The van der Waals surface area contributed by atoms with Crippen LogP contribution in [0.5, 0.6) is 0 Å². The van der Waals surface area contributed by atoms with E-state index in [4.69, 9.17) is 19.2 Å². The fraction of sp³-hybridized carbons (Fsp3) is 0.923. The van der Waals surface area contributed by atoms with E-state index in [1.807, 2.05) is 0 Å². The Morgan fingerprint density at radius 3 is 2.05 bits per heavy atom. The molecule has 22 heavy (non-hydrogen) atoms. The van der Waals surface area contributed by atoms with Gasteiger partial charge in [0.25, 0.3) is 0 Å². The topological polar surface area (TPSA) is 124 Å². The Labute approximate surface area is 129 Å². The van der Waals surface area contributed by atoms with E-state index >= 15 is 0 Å². The molecule has 4 atom stereocenters.